The van der Waals surface area contributed by atoms with Gasteiger partial charge in [-0.15, -0.1) is 0 Å². The van der Waals surface area contributed by atoms with Gasteiger partial charge in [-0.25, -0.2) is 0 Å². The van der Waals surface area contributed by atoms with E-state index in [0.29, 0.717) is 0 Å². The molecule has 2 heteroatoms. The first-order valence-corrected chi connectivity index (χ1v) is 7.48. The van der Waals surface area contributed by atoms with Gasteiger partial charge < -0.3 is 5.73 Å². The second kappa shape index (κ2) is 6.10. The van der Waals surface area contributed by atoms with Gasteiger partial charge in [0, 0.05) is 12.2 Å². The number of rotatable bonds is 3. The second-order valence-electron chi connectivity index (χ2n) is 5.66. The molecule has 0 aromatic heterocycles. The van der Waals surface area contributed by atoms with Crippen molar-refractivity contribution in [1.82, 2.24) is 4.90 Å². The predicted molar refractivity (Wildman–Crippen MR) is 85.4 cm³/mol. The van der Waals surface area contributed by atoms with E-state index >= 15 is 0 Å². The molecule has 2 aromatic carbocycles. The molecule has 0 atom stereocenters. The van der Waals surface area contributed by atoms with Gasteiger partial charge in [-0.05, 0) is 54.8 Å². The van der Waals surface area contributed by atoms with Gasteiger partial charge in [0.2, 0.25) is 0 Å². The Labute approximate surface area is 121 Å². The Morgan fingerprint density at radius 3 is 1.90 bits per heavy atom. The molecule has 2 nitrogen and oxygen atoms in total. The van der Waals surface area contributed by atoms with Gasteiger partial charge in [0.15, 0.2) is 0 Å². The number of piperidine rings is 1. The van der Waals surface area contributed by atoms with Crippen LogP contribution in [0.4, 0.5) is 5.69 Å². The van der Waals surface area contributed by atoms with Gasteiger partial charge >= 0.3 is 0 Å². The van der Waals surface area contributed by atoms with E-state index in [1.54, 1.807) is 0 Å². The average molecular weight is 266 g/mol. The second-order valence-corrected chi connectivity index (χ2v) is 5.66. The molecule has 0 radical (unpaired) electrons. The van der Waals surface area contributed by atoms with E-state index in [9.17, 15) is 0 Å². The molecule has 1 aliphatic heterocycles. The van der Waals surface area contributed by atoms with E-state index in [-0.39, 0.29) is 0 Å². The van der Waals surface area contributed by atoms with Crippen LogP contribution in [0.15, 0.2) is 48.5 Å². The summed E-state index contributed by atoms with van der Waals surface area (Å²) in [5.74, 6) is 0. The highest BCUT2D eigenvalue weighted by molar-refractivity contribution is 5.65. The molecule has 0 bridgehead atoms. The van der Waals surface area contributed by atoms with Crippen molar-refractivity contribution in [1.29, 1.82) is 0 Å². The lowest BCUT2D eigenvalue weighted by atomic mass is 10.0. The number of hydrogen-bond donors (Lipinski definition) is 1. The highest BCUT2D eigenvalue weighted by Gasteiger charge is 2.10. The predicted octanol–water partition coefficient (Wildman–Crippen LogP) is 3.92. The monoisotopic (exact) mass is 266 g/mol. The van der Waals surface area contributed by atoms with Crippen LogP contribution in [0.1, 0.15) is 24.8 Å². The van der Waals surface area contributed by atoms with Crippen molar-refractivity contribution in [2.75, 3.05) is 18.8 Å². The van der Waals surface area contributed by atoms with Crippen LogP contribution in [-0.2, 0) is 6.54 Å². The Kier molecular flexibility index (Phi) is 4.03. The number of hydrogen-bond acceptors (Lipinski definition) is 2. The van der Waals surface area contributed by atoms with Crippen molar-refractivity contribution in [3.05, 3.63) is 54.1 Å². The smallest absolute Gasteiger partial charge is 0.0314 e. The van der Waals surface area contributed by atoms with Gasteiger partial charge in [-0.2, -0.15) is 0 Å². The van der Waals surface area contributed by atoms with Crippen molar-refractivity contribution in [3.8, 4) is 11.1 Å². The average Bonchev–Trinajstić information content (AvgIpc) is 2.50. The van der Waals surface area contributed by atoms with Crippen LogP contribution in [0.3, 0.4) is 0 Å². The maximum absolute atomic E-state index is 5.73. The summed E-state index contributed by atoms with van der Waals surface area (Å²) in [5, 5.41) is 0. The van der Waals surface area contributed by atoms with Crippen LogP contribution in [0.5, 0.6) is 0 Å². The van der Waals surface area contributed by atoms with Crippen LogP contribution in [0, 0.1) is 0 Å². The lowest BCUT2D eigenvalue weighted by molar-refractivity contribution is 0.221. The van der Waals surface area contributed by atoms with E-state index in [2.05, 4.69) is 41.3 Å². The van der Waals surface area contributed by atoms with E-state index < -0.39 is 0 Å². The zero-order valence-electron chi connectivity index (χ0n) is 11.9. The molecule has 2 aromatic rings. The standard InChI is InChI=1S/C18H22N2/c19-18-10-8-17(9-11-18)16-6-4-15(5-7-16)14-20-12-2-1-3-13-20/h4-11H,1-3,12-14,19H2. The minimum absolute atomic E-state index is 0.815. The van der Waals surface area contributed by atoms with Crippen molar-refractivity contribution in [2.45, 2.75) is 25.8 Å². The fraction of sp³-hybridized carbons (Fsp3) is 0.333. The van der Waals surface area contributed by atoms with Crippen molar-refractivity contribution >= 4 is 5.69 Å². The topological polar surface area (TPSA) is 29.3 Å². The van der Waals surface area contributed by atoms with E-state index in [4.69, 9.17) is 5.73 Å². The van der Waals surface area contributed by atoms with Gasteiger partial charge in [-0.3, -0.25) is 4.90 Å². The Bertz CT molecular complexity index is 537. The quantitative estimate of drug-likeness (QED) is 0.853. The number of nitrogen functional groups attached to an aromatic ring is 1. The summed E-state index contributed by atoms with van der Waals surface area (Å²) in [6.45, 7) is 3.58. The summed E-state index contributed by atoms with van der Waals surface area (Å²) in [6, 6.07) is 17.0. The number of benzene rings is 2. The largest absolute Gasteiger partial charge is 0.399 e. The van der Waals surface area contributed by atoms with E-state index in [1.165, 1.54) is 49.0 Å². The number of likely N-dealkylation sites (tertiary alicyclic amines) is 1. The highest BCUT2D eigenvalue weighted by Crippen LogP contribution is 2.22. The molecule has 0 unspecified atom stereocenters. The molecular weight excluding hydrogens is 244 g/mol. The normalized spacial score (nSPS) is 16.2. The molecule has 1 fully saturated rings. The number of nitrogens with two attached hydrogens (primary N) is 1. The number of nitrogens with zero attached hydrogens (tertiary/aromatic N) is 1. The molecule has 3 rings (SSSR count). The molecule has 1 aliphatic rings. The minimum atomic E-state index is 0.815. The summed E-state index contributed by atoms with van der Waals surface area (Å²) in [5.41, 5.74) is 10.4. The van der Waals surface area contributed by atoms with Gasteiger partial charge in [-0.1, -0.05) is 42.8 Å². The summed E-state index contributed by atoms with van der Waals surface area (Å²) in [4.78, 5) is 2.56. The minimum Gasteiger partial charge on any atom is -0.399 e. The van der Waals surface area contributed by atoms with Crippen molar-refractivity contribution < 1.29 is 0 Å². The zero-order valence-corrected chi connectivity index (χ0v) is 11.9. The SMILES string of the molecule is Nc1ccc(-c2ccc(CN3CCCCC3)cc2)cc1. The first-order valence-electron chi connectivity index (χ1n) is 7.48. The van der Waals surface area contributed by atoms with Crippen LogP contribution in [0.25, 0.3) is 11.1 Å². The lowest BCUT2D eigenvalue weighted by Crippen LogP contribution is -2.28. The molecule has 0 aliphatic carbocycles. The van der Waals surface area contributed by atoms with Crippen LogP contribution in [-0.4, -0.2) is 18.0 Å². The van der Waals surface area contributed by atoms with Crippen LogP contribution < -0.4 is 5.73 Å². The molecule has 1 saturated heterocycles. The summed E-state index contributed by atoms with van der Waals surface area (Å²) >= 11 is 0. The van der Waals surface area contributed by atoms with Gasteiger partial charge in [0.05, 0.1) is 0 Å². The Morgan fingerprint density at radius 2 is 1.30 bits per heavy atom. The molecule has 20 heavy (non-hydrogen) atoms. The summed E-state index contributed by atoms with van der Waals surface area (Å²) in [6.07, 6.45) is 4.10. The molecule has 0 spiro atoms. The highest BCUT2D eigenvalue weighted by atomic mass is 15.1. The lowest BCUT2D eigenvalue weighted by Gasteiger charge is -2.26. The van der Waals surface area contributed by atoms with E-state index in [0.717, 1.165) is 12.2 Å². The summed E-state index contributed by atoms with van der Waals surface area (Å²) < 4.78 is 0. The van der Waals surface area contributed by atoms with Crippen molar-refractivity contribution in [2.24, 2.45) is 0 Å². The molecule has 0 saturated carbocycles. The Hall–Kier alpha value is -1.80. The van der Waals surface area contributed by atoms with Crippen molar-refractivity contribution in [3.63, 3.8) is 0 Å². The third kappa shape index (κ3) is 3.20. The van der Waals surface area contributed by atoms with Gasteiger partial charge in [0.1, 0.15) is 0 Å². The molecule has 2 N–H and O–H groups in total. The first-order chi connectivity index (χ1) is 9.81. The maximum Gasteiger partial charge on any atom is 0.0314 e. The molecule has 0 amide bonds. The fourth-order valence-electron chi connectivity index (χ4n) is 2.85. The zero-order chi connectivity index (χ0) is 13.8. The third-order valence-corrected chi connectivity index (χ3v) is 4.05. The fourth-order valence-corrected chi connectivity index (χ4v) is 2.85. The van der Waals surface area contributed by atoms with E-state index in [1.807, 2.05) is 12.1 Å². The van der Waals surface area contributed by atoms with Crippen LogP contribution in [0.2, 0.25) is 0 Å². The van der Waals surface area contributed by atoms with Gasteiger partial charge in [0.25, 0.3) is 0 Å². The van der Waals surface area contributed by atoms with Crippen LogP contribution >= 0.6 is 0 Å². The maximum atomic E-state index is 5.73. The molecule has 1 heterocycles. The Balaban J connectivity index is 1.69. The molecular formula is C18H22N2. The third-order valence-electron chi connectivity index (χ3n) is 4.05. The first kappa shape index (κ1) is 13.2. The number of anilines is 1. The molecule has 104 valence electrons. The summed E-state index contributed by atoms with van der Waals surface area (Å²) in [7, 11) is 0. The Morgan fingerprint density at radius 1 is 0.750 bits per heavy atom.